The van der Waals surface area contributed by atoms with Gasteiger partial charge in [-0.3, -0.25) is 9.59 Å². The maximum absolute atomic E-state index is 12.3. The van der Waals surface area contributed by atoms with E-state index in [-0.39, 0.29) is 18.7 Å². The van der Waals surface area contributed by atoms with Gasteiger partial charge >= 0.3 is 5.97 Å². The largest absolute Gasteiger partial charge is 0.480 e. The fraction of sp³-hybridized carbons (Fsp3) is 0.211. The summed E-state index contributed by atoms with van der Waals surface area (Å²) in [6, 6.07) is 15.2. The molecule has 0 fully saturated rings. The summed E-state index contributed by atoms with van der Waals surface area (Å²) in [5.41, 5.74) is 2.28. The van der Waals surface area contributed by atoms with Crippen LogP contribution in [0.2, 0.25) is 0 Å². The number of amides is 2. The van der Waals surface area contributed by atoms with Gasteiger partial charge in [-0.2, -0.15) is 0 Å². The van der Waals surface area contributed by atoms with Crippen molar-refractivity contribution in [1.29, 1.82) is 0 Å². The van der Waals surface area contributed by atoms with Gasteiger partial charge in [-0.15, -0.1) is 0 Å². The highest BCUT2D eigenvalue weighted by molar-refractivity contribution is 6.05. The molecule has 6 heteroatoms. The fourth-order valence-electron chi connectivity index (χ4n) is 2.97. The Labute approximate surface area is 144 Å². The van der Waals surface area contributed by atoms with Gasteiger partial charge in [0.05, 0.1) is 5.92 Å². The Bertz CT molecular complexity index is 804. The summed E-state index contributed by atoms with van der Waals surface area (Å²) < 4.78 is 0. The monoisotopic (exact) mass is 338 g/mol. The Morgan fingerprint density at radius 3 is 2.48 bits per heavy atom. The highest BCUT2D eigenvalue weighted by atomic mass is 16.4. The summed E-state index contributed by atoms with van der Waals surface area (Å²) in [6.45, 7) is 0. The average molecular weight is 338 g/mol. The lowest BCUT2D eigenvalue weighted by molar-refractivity contribution is -0.141. The maximum atomic E-state index is 12.3. The van der Waals surface area contributed by atoms with Crippen molar-refractivity contribution >= 4 is 23.5 Å². The summed E-state index contributed by atoms with van der Waals surface area (Å²) in [5, 5.41) is 14.6. The third kappa shape index (κ3) is 3.85. The Hall–Kier alpha value is -3.15. The molecule has 0 spiro atoms. The molecule has 3 N–H and O–H groups in total. The smallest absolute Gasteiger partial charge is 0.326 e. The van der Waals surface area contributed by atoms with Crippen LogP contribution in [0.15, 0.2) is 54.6 Å². The van der Waals surface area contributed by atoms with Gasteiger partial charge in [-0.05, 0) is 17.2 Å². The third-order valence-electron chi connectivity index (χ3n) is 4.22. The van der Waals surface area contributed by atoms with Crippen LogP contribution in [0.5, 0.6) is 0 Å². The molecule has 0 saturated heterocycles. The van der Waals surface area contributed by atoms with Crippen LogP contribution in [0, 0.1) is 0 Å². The number of aliphatic carboxylic acids is 1. The third-order valence-corrected chi connectivity index (χ3v) is 4.22. The molecule has 25 heavy (non-hydrogen) atoms. The molecule has 1 aliphatic heterocycles. The molecule has 0 aliphatic carbocycles. The molecule has 1 heterocycles. The van der Waals surface area contributed by atoms with E-state index in [1.54, 1.807) is 18.2 Å². The van der Waals surface area contributed by atoms with E-state index in [1.807, 2.05) is 36.4 Å². The van der Waals surface area contributed by atoms with Gasteiger partial charge in [0, 0.05) is 18.5 Å². The van der Waals surface area contributed by atoms with Crippen molar-refractivity contribution < 1.29 is 19.5 Å². The van der Waals surface area contributed by atoms with E-state index < -0.39 is 23.8 Å². The minimum absolute atomic E-state index is 0.0819. The quantitative estimate of drug-likeness (QED) is 0.750. The van der Waals surface area contributed by atoms with Gasteiger partial charge in [0.25, 0.3) is 0 Å². The molecular formula is C19H18N2O4. The number of carbonyl (C=O) groups is 3. The number of para-hydroxylation sites is 1. The zero-order valence-electron chi connectivity index (χ0n) is 13.4. The van der Waals surface area contributed by atoms with Crippen molar-refractivity contribution in [1.82, 2.24) is 5.32 Å². The number of fused-ring (bicyclic) bond motifs is 1. The Kier molecular flexibility index (Phi) is 4.79. The topological polar surface area (TPSA) is 95.5 Å². The van der Waals surface area contributed by atoms with Crippen LogP contribution >= 0.6 is 0 Å². The van der Waals surface area contributed by atoms with Crippen LogP contribution in [0.1, 0.15) is 23.5 Å². The second kappa shape index (κ2) is 7.17. The molecule has 1 aliphatic rings. The molecule has 2 amide bonds. The Balaban J connectivity index is 1.66. The number of rotatable bonds is 6. The number of nitrogens with one attached hydrogen (secondary N) is 2. The van der Waals surface area contributed by atoms with E-state index in [0.29, 0.717) is 5.69 Å². The summed E-state index contributed by atoms with van der Waals surface area (Å²) in [4.78, 5) is 35.8. The first-order valence-corrected chi connectivity index (χ1v) is 8.00. The minimum atomic E-state index is -1.10. The summed E-state index contributed by atoms with van der Waals surface area (Å²) in [7, 11) is 0. The predicted molar refractivity (Wildman–Crippen MR) is 92.1 cm³/mol. The van der Waals surface area contributed by atoms with Gasteiger partial charge in [0.15, 0.2) is 0 Å². The lowest BCUT2D eigenvalue weighted by atomic mass is 9.96. The molecule has 3 rings (SSSR count). The Morgan fingerprint density at radius 2 is 1.76 bits per heavy atom. The number of benzene rings is 2. The number of carboxylic acid groups (broad SMARTS) is 1. The van der Waals surface area contributed by atoms with Crippen molar-refractivity contribution in [3.05, 3.63) is 65.7 Å². The van der Waals surface area contributed by atoms with Crippen molar-refractivity contribution in [2.75, 3.05) is 5.32 Å². The average Bonchev–Trinajstić information content (AvgIpc) is 2.91. The minimum Gasteiger partial charge on any atom is -0.480 e. The second-order valence-electron chi connectivity index (χ2n) is 5.98. The number of anilines is 1. The molecule has 2 aromatic rings. The molecule has 0 aromatic heterocycles. The van der Waals surface area contributed by atoms with E-state index in [1.165, 1.54) is 0 Å². The van der Waals surface area contributed by atoms with E-state index >= 15 is 0 Å². The van der Waals surface area contributed by atoms with Crippen LogP contribution < -0.4 is 10.6 Å². The SMILES string of the molecule is O=C(CC1C(=O)Nc2ccccc21)N[C@@H](Cc1ccccc1)C(=O)O. The summed E-state index contributed by atoms with van der Waals surface area (Å²) >= 11 is 0. The van der Waals surface area contributed by atoms with Crippen molar-refractivity contribution in [2.24, 2.45) is 0 Å². The van der Waals surface area contributed by atoms with Gasteiger partial charge in [0.1, 0.15) is 6.04 Å². The van der Waals surface area contributed by atoms with Crippen LogP contribution in [0.25, 0.3) is 0 Å². The molecular weight excluding hydrogens is 320 g/mol. The van der Waals surface area contributed by atoms with Crippen molar-refractivity contribution in [3.8, 4) is 0 Å². The number of hydrogen-bond acceptors (Lipinski definition) is 3. The molecule has 2 aromatic carbocycles. The van der Waals surface area contributed by atoms with Crippen LogP contribution in [-0.4, -0.2) is 28.9 Å². The molecule has 2 atom stereocenters. The molecule has 128 valence electrons. The van der Waals surface area contributed by atoms with Crippen LogP contribution in [0.4, 0.5) is 5.69 Å². The zero-order valence-corrected chi connectivity index (χ0v) is 13.4. The van der Waals surface area contributed by atoms with Gasteiger partial charge < -0.3 is 15.7 Å². The first kappa shape index (κ1) is 16.7. The first-order valence-electron chi connectivity index (χ1n) is 8.00. The number of carbonyl (C=O) groups excluding carboxylic acids is 2. The van der Waals surface area contributed by atoms with Crippen LogP contribution in [0.3, 0.4) is 0 Å². The standard InChI is InChI=1S/C19H18N2O4/c22-17(11-14-13-8-4-5-9-15(13)21-18(14)23)20-16(19(24)25)10-12-6-2-1-3-7-12/h1-9,14,16H,10-11H2,(H,20,22)(H,21,23)(H,24,25)/t14?,16-/m0/s1. The predicted octanol–water partition coefficient (Wildman–Crippen LogP) is 1.92. The van der Waals surface area contributed by atoms with E-state index in [0.717, 1.165) is 11.1 Å². The highest BCUT2D eigenvalue weighted by Crippen LogP contribution is 2.34. The number of hydrogen-bond donors (Lipinski definition) is 3. The van der Waals surface area contributed by atoms with E-state index in [9.17, 15) is 19.5 Å². The molecule has 1 unspecified atom stereocenters. The van der Waals surface area contributed by atoms with Crippen LogP contribution in [-0.2, 0) is 20.8 Å². The highest BCUT2D eigenvalue weighted by Gasteiger charge is 2.33. The van der Waals surface area contributed by atoms with Crippen molar-refractivity contribution in [3.63, 3.8) is 0 Å². The molecule has 0 bridgehead atoms. The lowest BCUT2D eigenvalue weighted by Gasteiger charge is -2.16. The normalized spacial score (nSPS) is 16.6. The molecule has 0 saturated carbocycles. The van der Waals surface area contributed by atoms with Gasteiger partial charge in [-0.25, -0.2) is 4.79 Å². The van der Waals surface area contributed by atoms with Gasteiger partial charge in [-0.1, -0.05) is 48.5 Å². The van der Waals surface area contributed by atoms with Gasteiger partial charge in [0.2, 0.25) is 11.8 Å². The number of carboxylic acids is 1. The fourth-order valence-corrected chi connectivity index (χ4v) is 2.97. The van der Waals surface area contributed by atoms with E-state index in [2.05, 4.69) is 10.6 Å². The molecule has 6 nitrogen and oxygen atoms in total. The molecule has 0 radical (unpaired) electrons. The second-order valence-corrected chi connectivity index (χ2v) is 5.98. The Morgan fingerprint density at radius 1 is 1.08 bits per heavy atom. The summed E-state index contributed by atoms with van der Waals surface area (Å²) in [5.74, 6) is -2.40. The summed E-state index contributed by atoms with van der Waals surface area (Å²) in [6.07, 6.45) is 0.108. The lowest BCUT2D eigenvalue weighted by Crippen LogP contribution is -2.43. The first-order chi connectivity index (χ1) is 12.0. The zero-order chi connectivity index (χ0) is 17.8. The van der Waals surface area contributed by atoms with E-state index in [4.69, 9.17) is 0 Å². The maximum Gasteiger partial charge on any atom is 0.326 e. The van der Waals surface area contributed by atoms with Crippen molar-refractivity contribution in [2.45, 2.75) is 24.8 Å².